The average molecular weight is 728 g/mol. The third kappa shape index (κ3) is 10.4. The maximum Gasteiger partial charge on any atom is 0.352 e. The fourth-order valence-electron chi connectivity index (χ4n) is 7.54. The lowest BCUT2D eigenvalue weighted by molar-refractivity contribution is -0.148. The second kappa shape index (κ2) is 19.3. The van der Waals surface area contributed by atoms with Crippen molar-refractivity contribution in [2.45, 2.75) is 116 Å². The van der Waals surface area contributed by atoms with E-state index in [0.29, 0.717) is 31.4 Å². The highest BCUT2D eigenvalue weighted by molar-refractivity contribution is 5.97. The molecule has 3 rings (SSSR count). The highest BCUT2D eigenvalue weighted by atomic mass is 16.5. The molecular weight excluding hydrogens is 666 g/mol. The van der Waals surface area contributed by atoms with Crippen molar-refractivity contribution in [2.75, 3.05) is 34.4 Å². The van der Waals surface area contributed by atoms with Gasteiger partial charge >= 0.3 is 5.97 Å². The Balaban J connectivity index is 1.78. The summed E-state index contributed by atoms with van der Waals surface area (Å²) in [5, 5.41) is 18.6. The summed E-state index contributed by atoms with van der Waals surface area (Å²) in [5.74, 6) is -3.46. The molecule has 13 heteroatoms. The van der Waals surface area contributed by atoms with Gasteiger partial charge in [-0.05, 0) is 62.6 Å². The molecule has 290 valence electrons. The summed E-state index contributed by atoms with van der Waals surface area (Å²) < 4.78 is 11.8. The number of benzene rings is 1. The molecule has 0 bridgehead atoms. The smallest absolute Gasteiger partial charge is 0.352 e. The molecule has 0 radical (unpaired) electrons. The van der Waals surface area contributed by atoms with Crippen LogP contribution in [-0.2, 0) is 33.4 Å². The van der Waals surface area contributed by atoms with E-state index in [1.807, 2.05) is 40.7 Å². The molecule has 2 saturated heterocycles. The highest BCUT2D eigenvalue weighted by Crippen LogP contribution is 2.30. The van der Waals surface area contributed by atoms with Gasteiger partial charge in [0, 0.05) is 27.8 Å². The molecular formula is C39H61N5O8. The largest absolute Gasteiger partial charge is 0.477 e. The van der Waals surface area contributed by atoms with Crippen molar-refractivity contribution in [3.63, 3.8) is 0 Å². The van der Waals surface area contributed by atoms with Crippen LogP contribution in [0.1, 0.15) is 85.6 Å². The monoisotopic (exact) mass is 727 g/mol. The lowest BCUT2D eigenvalue weighted by atomic mass is 9.89. The molecule has 0 spiro atoms. The van der Waals surface area contributed by atoms with E-state index in [-0.39, 0.29) is 41.7 Å². The second-order valence-corrected chi connectivity index (χ2v) is 14.9. The van der Waals surface area contributed by atoms with Crippen LogP contribution in [0.2, 0.25) is 0 Å². The van der Waals surface area contributed by atoms with Gasteiger partial charge in [0.05, 0.1) is 42.2 Å². The van der Waals surface area contributed by atoms with Gasteiger partial charge in [-0.15, -0.1) is 0 Å². The molecule has 0 unspecified atom stereocenters. The number of hydrogen-bond acceptors (Lipinski definition) is 8. The third-order valence-electron chi connectivity index (χ3n) is 10.9. The van der Waals surface area contributed by atoms with E-state index in [4.69, 9.17) is 9.47 Å². The van der Waals surface area contributed by atoms with Crippen LogP contribution in [0, 0.1) is 17.8 Å². The van der Waals surface area contributed by atoms with Gasteiger partial charge in [0.15, 0.2) is 0 Å². The number of methoxy groups -OCH3 is 2. The Kier molecular flexibility index (Phi) is 15.8. The van der Waals surface area contributed by atoms with Crippen LogP contribution in [0.3, 0.4) is 0 Å². The number of carboxylic acid groups (broad SMARTS) is 1. The fraction of sp³-hybridized carbons (Fsp3) is 0.667. The quantitative estimate of drug-likeness (QED) is 0.166. The highest BCUT2D eigenvalue weighted by Gasteiger charge is 2.44. The summed E-state index contributed by atoms with van der Waals surface area (Å²) in [6, 6.07) is 7.16. The van der Waals surface area contributed by atoms with Gasteiger partial charge in [0.25, 0.3) is 0 Å². The Hall–Kier alpha value is -3.81. The van der Waals surface area contributed by atoms with Crippen LogP contribution in [0.4, 0.5) is 0 Å². The number of likely N-dealkylation sites (N-methyl/N-ethyl adjacent to an activating group) is 1. The molecule has 8 atom stereocenters. The number of nitrogens with one attached hydrogen (secondary N) is 3. The maximum absolute atomic E-state index is 14.1. The second-order valence-electron chi connectivity index (χ2n) is 14.9. The van der Waals surface area contributed by atoms with Crippen molar-refractivity contribution in [1.82, 2.24) is 25.8 Å². The minimum absolute atomic E-state index is 0.0136. The molecule has 4 amide bonds. The number of amides is 4. The molecule has 0 aromatic heterocycles. The van der Waals surface area contributed by atoms with Crippen molar-refractivity contribution in [2.24, 2.45) is 17.8 Å². The van der Waals surface area contributed by atoms with Crippen molar-refractivity contribution in [3.05, 3.63) is 41.6 Å². The van der Waals surface area contributed by atoms with Gasteiger partial charge in [-0.3, -0.25) is 19.2 Å². The lowest BCUT2D eigenvalue weighted by Gasteiger charge is -2.41. The molecule has 0 aliphatic carbocycles. The molecule has 2 fully saturated rings. The van der Waals surface area contributed by atoms with Crippen LogP contribution in [-0.4, -0.2) is 115 Å². The number of likely N-dealkylation sites (tertiary alicyclic amines) is 1. The summed E-state index contributed by atoms with van der Waals surface area (Å²) in [6.45, 7) is 12.6. The van der Waals surface area contributed by atoms with Gasteiger partial charge in [-0.1, -0.05) is 71.4 Å². The van der Waals surface area contributed by atoms with Crippen molar-refractivity contribution in [1.29, 1.82) is 0 Å². The predicted octanol–water partition coefficient (Wildman–Crippen LogP) is 3.43. The Bertz CT molecular complexity index is 1410. The average Bonchev–Trinajstić information content (AvgIpc) is 3.80. The van der Waals surface area contributed by atoms with Crippen LogP contribution in [0.15, 0.2) is 36.0 Å². The zero-order chi connectivity index (χ0) is 38.7. The van der Waals surface area contributed by atoms with Crippen LogP contribution in [0.5, 0.6) is 0 Å². The number of aliphatic carboxylic acids is 1. The van der Waals surface area contributed by atoms with E-state index < -0.39 is 53.7 Å². The number of hydrogen-bond donors (Lipinski definition) is 4. The third-order valence-corrected chi connectivity index (χ3v) is 10.9. The minimum atomic E-state index is -1.27. The van der Waals surface area contributed by atoms with E-state index in [1.165, 1.54) is 20.3 Å². The molecule has 52 heavy (non-hydrogen) atoms. The lowest BCUT2D eigenvalue weighted by Crippen LogP contribution is -2.61. The fourth-order valence-corrected chi connectivity index (χ4v) is 7.54. The van der Waals surface area contributed by atoms with Crippen LogP contribution in [0.25, 0.3) is 6.08 Å². The molecule has 2 aliphatic rings. The number of carbonyl (C=O) groups is 5. The summed E-state index contributed by atoms with van der Waals surface area (Å²) in [6.07, 6.45) is 3.62. The minimum Gasteiger partial charge on any atom is -0.477 e. The Labute approximate surface area is 309 Å². The standard InChI is InChI=1S/C39H61N5O8/c1-10-25(4)33(43(7)36(47)32(24(2)3)42-38(50)39(6)19-15-20-40-39)30(51-8)23-31(45)44-21-14-18-29(44)34(52-9)26(5)35(46)41-28(37(48)49)22-27-16-12-11-13-17-27/h11-13,16-17,22,24-26,29-30,32-34,40H,10,14-15,18-21,23H2,1-9H3,(H,41,46)(H,42,50)(H,48,49)/b28-22+/t25-,26+,29-,30+,32-,33-,34+,39-/m0/s1. The number of nitrogens with zero attached hydrogens (tertiary/aromatic N) is 2. The Morgan fingerprint density at radius 1 is 1.08 bits per heavy atom. The number of carboxylic acids is 1. The van der Waals surface area contributed by atoms with Crippen molar-refractivity contribution >= 4 is 35.7 Å². The van der Waals surface area contributed by atoms with Gasteiger partial charge in [0.2, 0.25) is 23.6 Å². The van der Waals surface area contributed by atoms with Gasteiger partial charge in [-0.2, -0.15) is 0 Å². The molecule has 13 nitrogen and oxygen atoms in total. The first kappa shape index (κ1) is 42.6. The number of ether oxygens (including phenoxy) is 2. The van der Waals surface area contributed by atoms with E-state index in [1.54, 1.807) is 48.0 Å². The maximum atomic E-state index is 14.1. The van der Waals surface area contributed by atoms with Crippen LogP contribution < -0.4 is 16.0 Å². The first-order chi connectivity index (χ1) is 24.6. The molecule has 1 aromatic rings. The van der Waals surface area contributed by atoms with Crippen molar-refractivity contribution in [3.8, 4) is 0 Å². The summed E-state index contributed by atoms with van der Waals surface area (Å²) in [4.78, 5) is 70.4. The summed E-state index contributed by atoms with van der Waals surface area (Å²) in [5.41, 5.74) is -0.371. The Morgan fingerprint density at radius 2 is 1.75 bits per heavy atom. The van der Waals surface area contributed by atoms with Gasteiger partial charge in [0.1, 0.15) is 11.7 Å². The van der Waals surface area contributed by atoms with E-state index in [9.17, 15) is 29.1 Å². The number of carbonyl (C=O) groups excluding carboxylic acids is 4. The van der Waals surface area contributed by atoms with Gasteiger partial charge in [-0.25, -0.2) is 4.79 Å². The SMILES string of the molecule is CC[C@H](C)[C@@H]([C@@H](CC(=O)N1CCC[C@H]1[C@H](OC)[C@@H](C)C(=O)N/C(=C/c1ccccc1)C(=O)O)OC)N(C)C(=O)[C@@H](NC(=O)[C@]1(C)CCCN1)C(C)C. The van der Waals surface area contributed by atoms with E-state index in [0.717, 1.165) is 19.4 Å². The zero-order valence-electron chi connectivity index (χ0n) is 32.4. The van der Waals surface area contributed by atoms with E-state index in [2.05, 4.69) is 16.0 Å². The summed E-state index contributed by atoms with van der Waals surface area (Å²) >= 11 is 0. The first-order valence-corrected chi connectivity index (χ1v) is 18.6. The molecule has 0 saturated carbocycles. The molecule has 4 N–H and O–H groups in total. The van der Waals surface area contributed by atoms with Gasteiger partial charge < -0.3 is 40.3 Å². The van der Waals surface area contributed by atoms with Crippen LogP contribution >= 0.6 is 0 Å². The molecule has 1 aromatic carbocycles. The first-order valence-electron chi connectivity index (χ1n) is 18.6. The summed E-state index contributed by atoms with van der Waals surface area (Å²) in [7, 11) is 4.73. The molecule has 2 aliphatic heterocycles. The zero-order valence-corrected chi connectivity index (χ0v) is 32.4. The topological polar surface area (TPSA) is 167 Å². The van der Waals surface area contributed by atoms with E-state index >= 15 is 0 Å². The molecule has 2 heterocycles. The predicted molar refractivity (Wildman–Crippen MR) is 199 cm³/mol. The number of rotatable bonds is 18. The Morgan fingerprint density at radius 3 is 2.29 bits per heavy atom. The van der Waals surface area contributed by atoms with Crippen molar-refractivity contribution < 1.29 is 38.6 Å². The normalized spacial score (nSPS) is 22.6.